The Morgan fingerprint density at radius 3 is 2.12 bits per heavy atom. The predicted octanol–water partition coefficient (Wildman–Crippen LogP) is 1.01. The predicted molar refractivity (Wildman–Crippen MR) is 65.6 cm³/mol. The van der Waals surface area contributed by atoms with Crippen molar-refractivity contribution in [2.45, 2.75) is 13.3 Å². The summed E-state index contributed by atoms with van der Waals surface area (Å²) in [5, 5.41) is 18.1. The van der Waals surface area contributed by atoms with Crippen LogP contribution in [0.3, 0.4) is 0 Å². The molecule has 0 aromatic carbocycles. The number of quaternary nitrogens is 1. The monoisotopic (exact) mass is 233 g/mol. The minimum atomic E-state index is -1.75. The van der Waals surface area contributed by atoms with Crippen molar-refractivity contribution in [1.82, 2.24) is 5.32 Å². The Bertz CT molecular complexity index is 208. The molecular weight excluding hydrogens is 210 g/mol. The van der Waals surface area contributed by atoms with Gasteiger partial charge in [0.05, 0.1) is 32.8 Å². The second-order valence-electron chi connectivity index (χ2n) is 4.72. The minimum Gasteiger partial charge on any atom is -0.356 e. The Hall–Kier alpha value is -1.14. The van der Waals surface area contributed by atoms with Crippen LogP contribution in [0.2, 0.25) is 0 Å². The number of nitrogens with one attached hydrogen (secondary N) is 1. The van der Waals surface area contributed by atoms with Crippen LogP contribution in [0, 0.1) is 15.3 Å². The van der Waals surface area contributed by atoms with Gasteiger partial charge in [-0.3, -0.25) is 0 Å². The lowest BCUT2D eigenvalue weighted by molar-refractivity contribution is -0.870. The molecule has 0 aliphatic heterocycles. The largest absolute Gasteiger partial charge is 0.356 e. The highest BCUT2D eigenvalue weighted by Gasteiger charge is 2.04. The number of hydrogen-bond donors (Lipinski definition) is 1. The molecule has 96 valence electrons. The lowest BCUT2D eigenvalue weighted by atomic mass is 10.3. The molecule has 0 spiro atoms. The molecule has 0 amide bonds. The molecular formula is C10H23N3O3. The number of rotatable bonds is 6. The van der Waals surface area contributed by atoms with Crippen molar-refractivity contribution in [3.05, 3.63) is 27.5 Å². The summed E-state index contributed by atoms with van der Waals surface area (Å²) in [6.45, 7) is 9.16. The van der Waals surface area contributed by atoms with E-state index in [0.717, 1.165) is 17.6 Å². The first-order valence-electron chi connectivity index (χ1n) is 5.12. The molecule has 1 N–H and O–H groups in total. The van der Waals surface area contributed by atoms with E-state index in [1.807, 2.05) is 6.92 Å². The van der Waals surface area contributed by atoms with Crippen LogP contribution in [0.4, 0.5) is 0 Å². The summed E-state index contributed by atoms with van der Waals surface area (Å²) in [4.78, 5) is 8.25. The summed E-state index contributed by atoms with van der Waals surface area (Å²) in [5.74, 6) is 0. The molecule has 0 saturated heterocycles. The lowest BCUT2D eigenvalue weighted by Gasteiger charge is -2.23. The van der Waals surface area contributed by atoms with Crippen LogP contribution in [-0.4, -0.2) is 50.3 Å². The molecule has 0 bridgehead atoms. The van der Waals surface area contributed by atoms with Crippen LogP contribution < -0.4 is 5.32 Å². The van der Waals surface area contributed by atoms with E-state index in [0.29, 0.717) is 0 Å². The molecule has 0 unspecified atom stereocenters. The van der Waals surface area contributed by atoms with Gasteiger partial charge < -0.3 is 25.1 Å². The molecule has 0 radical (unpaired) electrons. The quantitative estimate of drug-likeness (QED) is 0.244. The zero-order valence-corrected chi connectivity index (χ0v) is 10.7. The lowest BCUT2D eigenvalue weighted by Crippen LogP contribution is -2.36. The highest BCUT2D eigenvalue weighted by Crippen LogP contribution is 1.92. The molecule has 0 rings (SSSR count). The van der Waals surface area contributed by atoms with Crippen LogP contribution in [0.25, 0.3) is 0 Å². The second kappa shape index (κ2) is 9.11. The van der Waals surface area contributed by atoms with E-state index in [-0.39, 0.29) is 0 Å². The van der Waals surface area contributed by atoms with Crippen molar-refractivity contribution < 1.29 is 9.57 Å². The van der Waals surface area contributed by atoms with E-state index in [9.17, 15) is 0 Å². The molecule has 16 heavy (non-hydrogen) atoms. The minimum absolute atomic E-state index is 0.955. The highest BCUT2D eigenvalue weighted by molar-refractivity contribution is 4.90. The maximum absolute atomic E-state index is 8.25. The average Bonchev–Trinajstić information content (AvgIpc) is 1.99. The van der Waals surface area contributed by atoms with Crippen LogP contribution in [0.15, 0.2) is 12.2 Å². The fraction of sp³-hybridized carbons (Fsp3) is 0.800. The van der Waals surface area contributed by atoms with E-state index in [1.165, 1.54) is 18.5 Å². The van der Waals surface area contributed by atoms with Crippen LogP contribution in [0.1, 0.15) is 13.3 Å². The standard InChI is InChI=1S/C10H23N2.NO3/c1-10(2)9-11-7-6-8-12(3,4)5;2-1(3)4/h11H,1,6-9H2,2-5H3;/q+1;-1. The Morgan fingerprint density at radius 1 is 1.38 bits per heavy atom. The first kappa shape index (κ1) is 17.3. The van der Waals surface area contributed by atoms with Crippen LogP contribution in [0.5, 0.6) is 0 Å². The Kier molecular flexibility index (Phi) is 9.83. The number of nitrogens with zero attached hydrogens (tertiary/aromatic N) is 2. The van der Waals surface area contributed by atoms with Gasteiger partial charge >= 0.3 is 0 Å². The van der Waals surface area contributed by atoms with Gasteiger partial charge in [-0.2, -0.15) is 0 Å². The summed E-state index contributed by atoms with van der Waals surface area (Å²) >= 11 is 0. The summed E-state index contributed by atoms with van der Waals surface area (Å²) in [6, 6.07) is 0. The van der Waals surface area contributed by atoms with E-state index in [2.05, 4.69) is 33.0 Å². The van der Waals surface area contributed by atoms with Crippen LogP contribution >= 0.6 is 0 Å². The van der Waals surface area contributed by atoms with Gasteiger partial charge in [0.1, 0.15) is 0 Å². The van der Waals surface area contributed by atoms with Crippen molar-refractivity contribution in [1.29, 1.82) is 0 Å². The second-order valence-corrected chi connectivity index (χ2v) is 4.72. The summed E-state index contributed by atoms with van der Waals surface area (Å²) in [6.07, 6.45) is 1.23. The normalized spacial score (nSPS) is 10.2. The maximum Gasteiger partial charge on any atom is 0.0792 e. The molecule has 0 saturated carbocycles. The van der Waals surface area contributed by atoms with Crippen molar-refractivity contribution in [2.75, 3.05) is 40.8 Å². The van der Waals surface area contributed by atoms with E-state index < -0.39 is 5.09 Å². The third kappa shape index (κ3) is 29.3. The van der Waals surface area contributed by atoms with Gasteiger partial charge in [0.2, 0.25) is 0 Å². The van der Waals surface area contributed by atoms with Crippen molar-refractivity contribution in [3.63, 3.8) is 0 Å². The first-order chi connectivity index (χ1) is 7.15. The van der Waals surface area contributed by atoms with E-state index in [4.69, 9.17) is 15.3 Å². The fourth-order valence-electron chi connectivity index (χ4n) is 0.980. The number of hydrogen-bond acceptors (Lipinski definition) is 4. The van der Waals surface area contributed by atoms with Gasteiger partial charge in [0.25, 0.3) is 0 Å². The third-order valence-electron chi connectivity index (χ3n) is 1.61. The van der Waals surface area contributed by atoms with Crippen LogP contribution in [-0.2, 0) is 0 Å². The maximum atomic E-state index is 8.25. The van der Waals surface area contributed by atoms with Crippen molar-refractivity contribution in [3.8, 4) is 0 Å². The molecule has 6 heteroatoms. The SMILES string of the molecule is C=C(C)CNCCC[N+](C)(C)C.O=[N+]([O-])[O-]. The molecule has 0 aromatic heterocycles. The summed E-state index contributed by atoms with van der Waals surface area (Å²) in [5.41, 5.74) is 1.21. The van der Waals surface area contributed by atoms with Gasteiger partial charge in [-0.25, -0.2) is 0 Å². The molecule has 0 aromatic rings. The van der Waals surface area contributed by atoms with E-state index in [1.54, 1.807) is 0 Å². The molecule has 6 nitrogen and oxygen atoms in total. The highest BCUT2D eigenvalue weighted by atomic mass is 16.9. The van der Waals surface area contributed by atoms with Crippen molar-refractivity contribution in [2.24, 2.45) is 0 Å². The van der Waals surface area contributed by atoms with Gasteiger partial charge in [0, 0.05) is 19.5 Å². The summed E-state index contributed by atoms with van der Waals surface area (Å²) < 4.78 is 1.05. The Morgan fingerprint density at radius 2 is 1.81 bits per heavy atom. The first-order valence-corrected chi connectivity index (χ1v) is 5.12. The van der Waals surface area contributed by atoms with E-state index >= 15 is 0 Å². The van der Waals surface area contributed by atoms with Gasteiger partial charge in [-0.15, -0.1) is 0 Å². The zero-order chi connectivity index (χ0) is 13.2. The Balaban J connectivity index is 0. The average molecular weight is 233 g/mol. The molecule has 0 atom stereocenters. The topological polar surface area (TPSA) is 78.2 Å². The molecule has 0 aliphatic rings. The Labute approximate surface area is 97.3 Å². The van der Waals surface area contributed by atoms with Gasteiger partial charge in [-0.05, 0) is 6.92 Å². The molecule has 0 heterocycles. The van der Waals surface area contributed by atoms with Gasteiger partial charge in [-0.1, -0.05) is 12.2 Å². The van der Waals surface area contributed by atoms with Crippen molar-refractivity contribution >= 4 is 0 Å². The third-order valence-corrected chi connectivity index (χ3v) is 1.61. The summed E-state index contributed by atoms with van der Waals surface area (Å²) in [7, 11) is 6.66. The van der Waals surface area contributed by atoms with Gasteiger partial charge in [0.15, 0.2) is 0 Å². The fourth-order valence-corrected chi connectivity index (χ4v) is 0.980. The molecule has 0 fully saturated rings. The smallest absolute Gasteiger partial charge is 0.0792 e. The zero-order valence-electron chi connectivity index (χ0n) is 10.7. The molecule has 0 aliphatic carbocycles.